The number of hydrogen-bond acceptors (Lipinski definition) is 5. The van der Waals surface area contributed by atoms with Crippen LogP contribution in [0, 0.1) is 11.6 Å². The lowest BCUT2D eigenvalue weighted by Gasteiger charge is -2.49. The zero-order valence-electron chi connectivity index (χ0n) is 20.5. The van der Waals surface area contributed by atoms with Crippen molar-refractivity contribution in [2.24, 2.45) is 0 Å². The van der Waals surface area contributed by atoms with Gasteiger partial charge < -0.3 is 14.7 Å². The summed E-state index contributed by atoms with van der Waals surface area (Å²) >= 11 is 3.46. The summed E-state index contributed by atoms with van der Waals surface area (Å²) in [4.78, 5) is 27.9. The molecule has 0 fully saturated rings. The fraction of sp³-hybridized carbons (Fsp3) is 0.333. The number of carbonyl (C=O) groups excluding carboxylic acids is 1. The molecule has 37 heavy (non-hydrogen) atoms. The summed E-state index contributed by atoms with van der Waals surface area (Å²) in [6, 6.07) is 11.7. The number of amides is 1. The van der Waals surface area contributed by atoms with Crippen molar-refractivity contribution in [3.8, 4) is 11.5 Å². The number of unbranched alkanes of at least 4 members (excludes halogenated alkanes) is 1. The van der Waals surface area contributed by atoms with E-state index in [1.165, 1.54) is 27.9 Å². The Bertz CT molecular complexity index is 1340. The van der Waals surface area contributed by atoms with E-state index >= 15 is 0 Å². The topological polar surface area (TPSA) is 75.0 Å². The molecule has 7 nitrogen and oxygen atoms in total. The molecule has 1 amide bonds. The van der Waals surface area contributed by atoms with Crippen molar-refractivity contribution in [2.45, 2.75) is 38.4 Å². The molecule has 0 bridgehead atoms. The van der Waals surface area contributed by atoms with Gasteiger partial charge in [-0.25, -0.2) is 4.39 Å². The van der Waals surface area contributed by atoms with Crippen LogP contribution in [0.15, 0.2) is 59.5 Å². The van der Waals surface area contributed by atoms with E-state index in [0.29, 0.717) is 23.7 Å². The molecule has 10 heteroatoms. The van der Waals surface area contributed by atoms with Gasteiger partial charge in [-0.2, -0.15) is 4.39 Å². The average Bonchev–Trinajstić information content (AvgIpc) is 2.90. The maximum atomic E-state index is 14.6. The van der Waals surface area contributed by atoms with Crippen LogP contribution >= 0.6 is 15.9 Å². The molecule has 0 aliphatic carbocycles. The SMILES string of the molecule is CCCCOc1c2n(ccc1=O)N(C(c1ccccc1)c1ccc(F)c(F)c1O)[C@@H](CCBr)N(C)C2=O. The Hall–Kier alpha value is -3.40. The van der Waals surface area contributed by atoms with Crippen LogP contribution in [0.3, 0.4) is 0 Å². The van der Waals surface area contributed by atoms with Crippen molar-refractivity contribution in [1.82, 2.24) is 9.58 Å². The van der Waals surface area contributed by atoms with Crippen molar-refractivity contribution < 1.29 is 23.4 Å². The number of phenolic OH excluding ortho intramolecular Hbond substituents is 1. The number of alkyl halides is 1. The summed E-state index contributed by atoms with van der Waals surface area (Å²) in [6.45, 7) is 2.25. The van der Waals surface area contributed by atoms with Crippen molar-refractivity contribution in [1.29, 1.82) is 0 Å². The highest BCUT2D eigenvalue weighted by molar-refractivity contribution is 9.09. The summed E-state index contributed by atoms with van der Waals surface area (Å²) < 4.78 is 36.0. The average molecular weight is 576 g/mol. The predicted octanol–water partition coefficient (Wildman–Crippen LogP) is 4.94. The van der Waals surface area contributed by atoms with Gasteiger partial charge in [-0.05, 0) is 30.5 Å². The van der Waals surface area contributed by atoms with Gasteiger partial charge >= 0.3 is 0 Å². The van der Waals surface area contributed by atoms with Gasteiger partial charge in [-0.3, -0.25) is 19.3 Å². The number of ether oxygens (including phenoxy) is 1. The molecule has 2 aromatic carbocycles. The summed E-state index contributed by atoms with van der Waals surface area (Å²) in [5.74, 6) is -3.84. The summed E-state index contributed by atoms with van der Waals surface area (Å²) in [5, 5.41) is 13.1. The van der Waals surface area contributed by atoms with Crippen LogP contribution in [0.4, 0.5) is 8.78 Å². The fourth-order valence-electron chi connectivity index (χ4n) is 4.58. The molecule has 1 N–H and O–H groups in total. The van der Waals surface area contributed by atoms with Gasteiger partial charge in [-0.1, -0.05) is 59.6 Å². The van der Waals surface area contributed by atoms with Crippen molar-refractivity contribution >= 4 is 21.8 Å². The number of aromatic hydroxyl groups is 1. The van der Waals surface area contributed by atoms with Gasteiger partial charge in [0.15, 0.2) is 23.0 Å². The molecular weight excluding hydrogens is 548 g/mol. The van der Waals surface area contributed by atoms with Crippen molar-refractivity contribution in [3.63, 3.8) is 0 Å². The van der Waals surface area contributed by atoms with E-state index in [1.807, 2.05) is 13.0 Å². The number of nitrogens with zero attached hydrogens (tertiary/aromatic N) is 3. The minimum atomic E-state index is -1.36. The standard InChI is InChI=1S/C27H28BrF2N3O4/c1-3-4-16-37-26-20(34)13-15-32-24(26)27(36)31(2)21(12-14-28)33(32)23(17-8-6-5-7-9-17)18-10-11-19(29)22(30)25(18)35/h5-11,13,15,21,23,35H,3-4,12,14,16H2,1-2H3/t21-,23?/m0/s1. The lowest BCUT2D eigenvalue weighted by Crippen LogP contribution is -2.61. The number of pyridine rings is 1. The Morgan fingerprint density at radius 2 is 1.84 bits per heavy atom. The molecule has 0 radical (unpaired) electrons. The highest BCUT2D eigenvalue weighted by atomic mass is 79.9. The van der Waals surface area contributed by atoms with Gasteiger partial charge in [0.2, 0.25) is 11.2 Å². The Morgan fingerprint density at radius 1 is 1.11 bits per heavy atom. The number of carbonyl (C=O) groups is 1. The molecule has 4 rings (SSSR count). The third kappa shape index (κ3) is 4.94. The highest BCUT2D eigenvalue weighted by Crippen LogP contribution is 2.40. The van der Waals surface area contributed by atoms with Gasteiger partial charge in [0.25, 0.3) is 5.91 Å². The first-order valence-electron chi connectivity index (χ1n) is 12.0. The largest absolute Gasteiger partial charge is 0.504 e. The Morgan fingerprint density at radius 3 is 2.51 bits per heavy atom. The number of benzene rings is 2. The second-order valence-corrected chi connectivity index (χ2v) is 9.56. The summed E-state index contributed by atoms with van der Waals surface area (Å²) in [5.41, 5.74) is 0.351. The van der Waals surface area contributed by atoms with E-state index in [-0.39, 0.29) is 23.6 Å². The summed E-state index contributed by atoms with van der Waals surface area (Å²) in [6.07, 6.45) is 2.89. The van der Waals surface area contributed by atoms with Gasteiger partial charge in [0, 0.05) is 30.2 Å². The van der Waals surface area contributed by atoms with Crippen LogP contribution in [-0.2, 0) is 0 Å². The predicted molar refractivity (Wildman–Crippen MR) is 140 cm³/mol. The summed E-state index contributed by atoms with van der Waals surface area (Å²) in [7, 11) is 1.62. The molecule has 2 atom stereocenters. The minimum Gasteiger partial charge on any atom is -0.504 e. The fourth-order valence-corrected chi connectivity index (χ4v) is 4.99. The first-order chi connectivity index (χ1) is 17.8. The minimum absolute atomic E-state index is 0.0277. The monoisotopic (exact) mass is 575 g/mol. The molecule has 1 unspecified atom stereocenters. The molecule has 0 spiro atoms. The number of rotatable bonds is 9. The van der Waals surface area contributed by atoms with E-state index in [4.69, 9.17) is 4.74 Å². The normalized spacial score (nSPS) is 16.0. The maximum Gasteiger partial charge on any atom is 0.277 e. The molecule has 196 valence electrons. The lowest BCUT2D eigenvalue weighted by atomic mass is 9.95. The molecule has 2 heterocycles. The van der Waals surface area contributed by atoms with E-state index in [2.05, 4.69) is 15.9 Å². The lowest BCUT2D eigenvalue weighted by molar-refractivity contribution is 0.0611. The van der Waals surface area contributed by atoms with Crippen LogP contribution in [0.25, 0.3) is 0 Å². The molecular formula is C27H28BrF2N3O4. The highest BCUT2D eigenvalue weighted by Gasteiger charge is 2.42. The Balaban J connectivity index is 2.02. The third-order valence-electron chi connectivity index (χ3n) is 6.45. The zero-order valence-corrected chi connectivity index (χ0v) is 22.1. The molecule has 0 saturated carbocycles. The first kappa shape index (κ1) is 26.7. The maximum absolute atomic E-state index is 14.6. The molecule has 1 aromatic heterocycles. The van der Waals surface area contributed by atoms with Crippen LogP contribution in [0.1, 0.15) is 53.8 Å². The first-order valence-corrected chi connectivity index (χ1v) is 13.2. The smallest absolute Gasteiger partial charge is 0.277 e. The molecule has 1 aliphatic heterocycles. The van der Waals surface area contributed by atoms with Gasteiger partial charge in [-0.15, -0.1) is 0 Å². The third-order valence-corrected chi connectivity index (χ3v) is 6.90. The zero-order chi connectivity index (χ0) is 26.7. The van der Waals surface area contributed by atoms with E-state index in [9.17, 15) is 23.5 Å². The van der Waals surface area contributed by atoms with Crippen molar-refractivity contribution in [3.05, 3.63) is 93.4 Å². The van der Waals surface area contributed by atoms with E-state index < -0.39 is 40.9 Å². The number of hydrogen-bond donors (Lipinski definition) is 1. The van der Waals surface area contributed by atoms with E-state index in [0.717, 1.165) is 12.5 Å². The quantitative estimate of drug-likeness (QED) is 0.289. The number of halogens is 3. The molecule has 3 aromatic rings. The van der Waals surface area contributed by atoms with Crippen LogP contribution in [0.5, 0.6) is 11.5 Å². The van der Waals surface area contributed by atoms with E-state index in [1.54, 1.807) is 36.3 Å². The number of aromatic nitrogens is 1. The van der Waals surface area contributed by atoms with Crippen LogP contribution in [0.2, 0.25) is 0 Å². The van der Waals surface area contributed by atoms with Crippen LogP contribution < -0.4 is 15.2 Å². The second kappa shape index (κ2) is 11.3. The van der Waals surface area contributed by atoms with Gasteiger partial charge in [0.05, 0.1) is 6.61 Å². The van der Waals surface area contributed by atoms with Crippen molar-refractivity contribution in [2.75, 3.05) is 24.0 Å². The Labute approximate surface area is 222 Å². The number of fused-ring (bicyclic) bond motifs is 1. The molecule has 0 saturated heterocycles. The van der Waals surface area contributed by atoms with Gasteiger partial charge in [0.1, 0.15) is 12.2 Å². The van der Waals surface area contributed by atoms with Crippen LogP contribution in [-0.4, -0.2) is 45.7 Å². The second-order valence-electron chi connectivity index (χ2n) is 8.77. The Kier molecular flexibility index (Phi) is 8.16. The number of phenols is 1. The molecule has 1 aliphatic rings.